The van der Waals surface area contributed by atoms with Crippen molar-refractivity contribution in [3.63, 3.8) is 0 Å². The highest BCUT2D eigenvalue weighted by Crippen LogP contribution is 2.31. The Hall–Kier alpha value is -2.20. The van der Waals surface area contributed by atoms with Crippen molar-refractivity contribution in [1.29, 1.82) is 0 Å². The van der Waals surface area contributed by atoms with E-state index in [1.54, 1.807) is 18.2 Å². The minimum atomic E-state index is -0.0462. The van der Waals surface area contributed by atoms with Crippen LogP contribution in [0.25, 0.3) is 20.2 Å². The lowest BCUT2D eigenvalue weighted by molar-refractivity contribution is -0.118. The highest BCUT2D eigenvalue weighted by molar-refractivity contribution is 7.24. The van der Waals surface area contributed by atoms with Crippen LogP contribution in [0.1, 0.15) is 6.92 Å². The van der Waals surface area contributed by atoms with E-state index in [0.29, 0.717) is 16.5 Å². The average molecular weight is 284 g/mol. The summed E-state index contributed by atoms with van der Waals surface area (Å²) in [5.74, 6) is 0.542. The maximum atomic E-state index is 12.5. The number of fused-ring (bicyclic) bond motifs is 2. The molecule has 1 heterocycles. The predicted octanol–water partition coefficient (Wildman–Crippen LogP) is 3.38. The molecule has 0 atom stereocenters. The van der Waals surface area contributed by atoms with Gasteiger partial charge >= 0.3 is 0 Å². The second kappa shape index (κ2) is 5.06. The topological polar surface area (TPSA) is 43.4 Å². The Labute approximate surface area is 119 Å². The molecule has 0 amide bonds. The molecule has 3 aromatic rings. The molecule has 0 spiro atoms. The Morgan fingerprint density at radius 2 is 1.85 bits per heavy atom. The van der Waals surface area contributed by atoms with Gasteiger partial charge in [0.25, 0.3) is 0 Å². The third-order valence-corrected chi connectivity index (χ3v) is 4.20. The van der Waals surface area contributed by atoms with Crippen LogP contribution in [0.2, 0.25) is 0 Å². The minimum absolute atomic E-state index is 0.00243. The second-order valence-corrected chi connectivity index (χ2v) is 5.60. The highest BCUT2D eigenvalue weighted by Gasteiger charge is 2.10. The number of carbonyl (C=O) groups excluding carboxylic acids is 1. The molecule has 100 valence electrons. The average Bonchev–Trinajstić information content (AvgIpc) is 2.45. The number of rotatable bonds is 3. The van der Waals surface area contributed by atoms with Gasteiger partial charge in [0.15, 0.2) is 11.2 Å². The van der Waals surface area contributed by atoms with E-state index in [0.717, 1.165) is 9.40 Å². The summed E-state index contributed by atoms with van der Waals surface area (Å²) in [6.45, 7) is 1.50. The summed E-state index contributed by atoms with van der Waals surface area (Å²) in [6, 6.07) is 12.9. The lowest BCUT2D eigenvalue weighted by Crippen LogP contribution is -2.07. The van der Waals surface area contributed by atoms with Gasteiger partial charge in [0, 0.05) is 15.5 Å². The van der Waals surface area contributed by atoms with Crippen LogP contribution in [0, 0.1) is 0 Å². The first kappa shape index (κ1) is 12.8. The van der Waals surface area contributed by atoms with Crippen molar-refractivity contribution in [1.82, 2.24) is 0 Å². The molecule has 0 N–H and O–H groups in total. The van der Waals surface area contributed by atoms with E-state index in [1.165, 1.54) is 18.3 Å². The summed E-state index contributed by atoms with van der Waals surface area (Å²) >= 11 is 1.51. The summed E-state index contributed by atoms with van der Waals surface area (Å²) in [5, 5.41) is 1.35. The van der Waals surface area contributed by atoms with Crippen LogP contribution in [-0.4, -0.2) is 12.4 Å². The van der Waals surface area contributed by atoms with Crippen molar-refractivity contribution in [2.75, 3.05) is 6.61 Å². The monoisotopic (exact) mass is 284 g/mol. The summed E-state index contributed by atoms with van der Waals surface area (Å²) in [5.41, 5.74) is 0.00243. The lowest BCUT2D eigenvalue weighted by atomic mass is 10.2. The fourth-order valence-electron chi connectivity index (χ4n) is 2.09. The van der Waals surface area contributed by atoms with E-state index >= 15 is 0 Å². The van der Waals surface area contributed by atoms with Gasteiger partial charge in [-0.3, -0.25) is 9.59 Å². The number of ether oxygens (including phenoxy) is 1. The summed E-state index contributed by atoms with van der Waals surface area (Å²) in [7, 11) is 0. The second-order valence-electron chi connectivity index (χ2n) is 4.55. The van der Waals surface area contributed by atoms with Gasteiger partial charge < -0.3 is 4.74 Å². The summed E-state index contributed by atoms with van der Waals surface area (Å²) in [6.07, 6.45) is 0. The van der Waals surface area contributed by atoms with Crippen LogP contribution >= 0.6 is 11.3 Å². The number of ketones is 1. The zero-order valence-corrected chi connectivity index (χ0v) is 11.7. The third kappa shape index (κ3) is 2.18. The first-order chi connectivity index (χ1) is 9.66. The van der Waals surface area contributed by atoms with Gasteiger partial charge in [0.2, 0.25) is 0 Å². The molecule has 1 aromatic heterocycles. The van der Waals surface area contributed by atoms with Crippen LogP contribution in [0.5, 0.6) is 5.75 Å². The maximum absolute atomic E-state index is 12.5. The van der Waals surface area contributed by atoms with Gasteiger partial charge in [0.05, 0.1) is 4.70 Å². The van der Waals surface area contributed by atoms with Crippen LogP contribution in [0.15, 0.2) is 47.3 Å². The van der Waals surface area contributed by atoms with Gasteiger partial charge in [-0.15, -0.1) is 11.3 Å². The molecular weight excluding hydrogens is 272 g/mol. The first-order valence-corrected chi connectivity index (χ1v) is 7.05. The van der Waals surface area contributed by atoms with Gasteiger partial charge in [-0.2, -0.15) is 0 Å². The van der Waals surface area contributed by atoms with Crippen LogP contribution in [0.3, 0.4) is 0 Å². The number of Topliss-reactive ketones (excluding diaryl/α,β-unsaturated/α-hetero) is 1. The van der Waals surface area contributed by atoms with E-state index in [1.807, 2.05) is 24.3 Å². The summed E-state index contributed by atoms with van der Waals surface area (Å²) in [4.78, 5) is 23.5. The molecule has 0 saturated heterocycles. The number of carbonyl (C=O) groups is 1. The Balaban J connectivity index is 2.28. The molecule has 3 nitrogen and oxygen atoms in total. The SMILES string of the molecule is CC(=O)COc1cccc2c(=O)c3ccccc3sc12. The normalized spacial score (nSPS) is 10.8. The van der Waals surface area contributed by atoms with Crippen molar-refractivity contribution < 1.29 is 9.53 Å². The maximum Gasteiger partial charge on any atom is 0.196 e. The molecule has 2 aromatic carbocycles. The molecule has 0 unspecified atom stereocenters. The molecule has 0 radical (unpaired) electrons. The Bertz CT molecular complexity index is 864. The molecule has 0 aliphatic carbocycles. The van der Waals surface area contributed by atoms with Crippen molar-refractivity contribution in [3.05, 3.63) is 52.7 Å². The fraction of sp³-hybridized carbons (Fsp3) is 0.125. The molecule has 0 bridgehead atoms. The smallest absolute Gasteiger partial charge is 0.196 e. The van der Waals surface area contributed by atoms with Gasteiger partial charge in [-0.1, -0.05) is 18.2 Å². The van der Waals surface area contributed by atoms with Crippen molar-refractivity contribution in [2.24, 2.45) is 0 Å². The van der Waals surface area contributed by atoms with E-state index < -0.39 is 0 Å². The largest absolute Gasteiger partial charge is 0.484 e. The standard InChI is InChI=1S/C16H12O3S/c1-10(17)9-19-13-7-4-6-12-15(18)11-5-2-3-8-14(11)20-16(12)13/h2-8H,9H2,1H3. The molecule has 4 heteroatoms. The van der Waals surface area contributed by atoms with Crippen LogP contribution in [0.4, 0.5) is 0 Å². The van der Waals surface area contributed by atoms with Crippen molar-refractivity contribution in [3.8, 4) is 5.75 Å². The highest BCUT2D eigenvalue weighted by atomic mass is 32.1. The van der Waals surface area contributed by atoms with E-state index in [-0.39, 0.29) is 17.8 Å². The summed E-state index contributed by atoms with van der Waals surface area (Å²) < 4.78 is 7.22. The number of hydrogen-bond donors (Lipinski definition) is 0. The van der Waals surface area contributed by atoms with Gasteiger partial charge in [0.1, 0.15) is 12.4 Å². The van der Waals surface area contributed by atoms with Crippen LogP contribution in [-0.2, 0) is 4.79 Å². The Morgan fingerprint density at radius 3 is 2.65 bits per heavy atom. The van der Waals surface area contributed by atoms with Crippen molar-refractivity contribution >= 4 is 37.3 Å². The number of benzene rings is 2. The first-order valence-electron chi connectivity index (χ1n) is 6.23. The predicted molar refractivity (Wildman–Crippen MR) is 81.8 cm³/mol. The van der Waals surface area contributed by atoms with E-state index in [4.69, 9.17) is 4.74 Å². The zero-order chi connectivity index (χ0) is 14.1. The quantitative estimate of drug-likeness (QED) is 0.692. The van der Waals surface area contributed by atoms with E-state index in [2.05, 4.69) is 0 Å². The molecule has 0 fully saturated rings. The Morgan fingerprint density at radius 1 is 1.10 bits per heavy atom. The Kier molecular flexibility index (Phi) is 3.24. The van der Waals surface area contributed by atoms with Gasteiger partial charge in [-0.05, 0) is 31.2 Å². The zero-order valence-electron chi connectivity index (χ0n) is 10.9. The fourth-order valence-corrected chi connectivity index (χ4v) is 3.23. The number of hydrogen-bond acceptors (Lipinski definition) is 4. The lowest BCUT2D eigenvalue weighted by Gasteiger charge is -2.08. The molecule has 0 aliphatic rings. The molecule has 3 rings (SSSR count). The molecule has 20 heavy (non-hydrogen) atoms. The van der Waals surface area contributed by atoms with E-state index in [9.17, 15) is 9.59 Å². The minimum Gasteiger partial charge on any atom is -0.484 e. The molecule has 0 aliphatic heterocycles. The van der Waals surface area contributed by atoms with Gasteiger partial charge in [-0.25, -0.2) is 0 Å². The molecule has 0 saturated carbocycles. The van der Waals surface area contributed by atoms with Crippen molar-refractivity contribution in [2.45, 2.75) is 6.92 Å². The van der Waals surface area contributed by atoms with Crippen LogP contribution < -0.4 is 10.2 Å². The molecular formula is C16H12O3S. The third-order valence-electron chi connectivity index (χ3n) is 3.00.